The average Bonchev–Trinajstić information content (AvgIpc) is 3.93. The van der Waals surface area contributed by atoms with E-state index in [1.54, 1.807) is 19.4 Å². The second-order valence-electron chi connectivity index (χ2n) is 20.6. The Morgan fingerprint density at radius 1 is 0.908 bits per heavy atom. The van der Waals surface area contributed by atoms with Crippen LogP contribution in [0.15, 0.2) is 30.9 Å². The Morgan fingerprint density at radius 3 is 2.29 bits per heavy atom. The third-order valence-corrected chi connectivity index (χ3v) is 16.2. The molecule has 4 saturated heterocycles. The topological polar surface area (TPSA) is 197 Å². The minimum absolute atomic E-state index is 0.0445. The summed E-state index contributed by atoms with van der Waals surface area (Å²) in [5.74, 6) is -7.39. The van der Waals surface area contributed by atoms with E-state index in [4.69, 9.17) is 23.7 Å². The smallest absolute Gasteiger partial charge is 0.309 e. The number of aliphatic hydroxyl groups is 1. The van der Waals surface area contributed by atoms with Crippen LogP contribution in [0.4, 0.5) is 0 Å². The Labute approximate surface area is 386 Å². The molecular weight excluding hydrogens is 833 g/mol. The summed E-state index contributed by atoms with van der Waals surface area (Å²) in [5, 5.41) is 27.5. The van der Waals surface area contributed by atoms with Gasteiger partial charge in [-0.2, -0.15) is 0 Å². The second kappa shape index (κ2) is 21.4. The van der Waals surface area contributed by atoms with E-state index in [1.807, 2.05) is 43.7 Å². The summed E-state index contributed by atoms with van der Waals surface area (Å²) in [6.07, 6.45) is 13.7. The van der Waals surface area contributed by atoms with Crippen molar-refractivity contribution in [3.63, 3.8) is 0 Å². The Kier molecular flexibility index (Phi) is 16.8. The van der Waals surface area contributed by atoms with Crippen molar-refractivity contribution in [2.24, 2.45) is 47.3 Å². The minimum atomic E-state index is -1.43. The lowest BCUT2D eigenvalue weighted by Gasteiger charge is -2.55. The number of carboxylic acids is 1. The van der Waals surface area contributed by atoms with Crippen molar-refractivity contribution in [3.05, 3.63) is 30.9 Å². The predicted molar refractivity (Wildman–Crippen MR) is 243 cm³/mol. The number of aromatic nitrogens is 2. The van der Waals surface area contributed by atoms with Crippen LogP contribution in [0.1, 0.15) is 140 Å². The second-order valence-corrected chi connectivity index (χ2v) is 20.6. The summed E-state index contributed by atoms with van der Waals surface area (Å²) in [6.45, 7) is 21.0. The lowest BCUT2D eigenvalue weighted by Crippen LogP contribution is -2.66. The number of imidazole rings is 1. The maximum absolute atomic E-state index is 14.7. The number of Topliss-reactive ketones (excluding diaryl/α,β-unsaturated/α-hetero) is 1. The molecule has 0 saturated carbocycles. The molecule has 15 nitrogen and oxygen atoms in total. The van der Waals surface area contributed by atoms with Gasteiger partial charge in [0, 0.05) is 55.6 Å². The van der Waals surface area contributed by atoms with Crippen LogP contribution in [-0.4, -0.2) is 110 Å². The number of aryl methyl sites for hydroxylation is 1. The maximum atomic E-state index is 14.7. The highest BCUT2D eigenvalue weighted by Gasteiger charge is 2.63. The first-order valence-corrected chi connectivity index (χ1v) is 24.9. The average molecular weight is 913 g/mol. The van der Waals surface area contributed by atoms with Gasteiger partial charge in [0.15, 0.2) is 11.6 Å². The van der Waals surface area contributed by atoms with Crippen molar-refractivity contribution in [2.45, 2.75) is 206 Å². The van der Waals surface area contributed by atoms with Crippen LogP contribution in [-0.2, 0) is 49.4 Å². The summed E-state index contributed by atoms with van der Waals surface area (Å²) in [7, 11) is 0. The van der Waals surface area contributed by atoms with Crippen molar-refractivity contribution in [3.8, 4) is 0 Å². The molecule has 1 aromatic rings. The molecule has 1 aromatic heterocycles. The van der Waals surface area contributed by atoms with Gasteiger partial charge in [0.2, 0.25) is 0 Å². The third kappa shape index (κ3) is 10.9. The van der Waals surface area contributed by atoms with Crippen LogP contribution in [0.5, 0.6) is 0 Å². The quantitative estimate of drug-likeness (QED) is 0.0744. The molecule has 6 rings (SSSR count). The first-order chi connectivity index (χ1) is 30.8. The Hall–Kier alpha value is -3.21. The van der Waals surface area contributed by atoms with E-state index >= 15 is 0 Å². The highest BCUT2D eigenvalue weighted by molar-refractivity contribution is 6.35. The number of ether oxygens (including phenoxy) is 5. The molecule has 5 aliphatic heterocycles. The summed E-state index contributed by atoms with van der Waals surface area (Å²) < 4.78 is 36.6. The molecule has 4 N–H and O–H groups in total. The molecule has 15 heteroatoms. The van der Waals surface area contributed by atoms with E-state index in [2.05, 4.69) is 57.2 Å². The number of amides is 2. The molecule has 5 aliphatic rings. The molecule has 2 spiro atoms. The van der Waals surface area contributed by atoms with E-state index in [0.29, 0.717) is 64.0 Å². The summed E-state index contributed by atoms with van der Waals surface area (Å²) in [4.78, 5) is 57.6. The highest BCUT2D eigenvalue weighted by atomic mass is 16.8. The van der Waals surface area contributed by atoms with Crippen molar-refractivity contribution < 1.29 is 53.1 Å². The van der Waals surface area contributed by atoms with Gasteiger partial charge in [-0.25, -0.2) is 4.98 Å². The van der Waals surface area contributed by atoms with Crippen molar-refractivity contribution in [1.82, 2.24) is 20.2 Å². The molecule has 0 aromatic carbocycles. The van der Waals surface area contributed by atoms with Gasteiger partial charge in [-0.05, 0) is 95.5 Å². The van der Waals surface area contributed by atoms with Crippen LogP contribution >= 0.6 is 0 Å². The lowest BCUT2D eigenvalue weighted by atomic mass is 9.72. The number of rotatable bonds is 17. The van der Waals surface area contributed by atoms with Crippen molar-refractivity contribution in [1.29, 1.82) is 0 Å². The fourth-order valence-corrected chi connectivity index (χ4v) is 11.9. The van der Waals surface area contributed by atoms with Gasteiger partial charge in [0.25, 0.3) is 0 Å². The molecular formula is C50H80N4O11. The van der Waals surface area contributed by atoms with Crippen LogP contribution in [0.25, 0.3) is 0 Å². The number of hydrogen-bond donors (Lipinski definition) is 4. The zero-order chi connectivity index (χ0) is 47.4. The lowest BCUT2D eigenvalue weighted by molar-refractivity contribution is -0.397. The zero-order valence-corrected chi connectivity index (χ0v) is 40.7. The van der Waals surface area contributed by atoms with Crippen LogP contribution < -0.4 is 10.6 Å². The zero-order valence-electron chi connectivity index (χ0n) is 40.7. The van der Waals surface area contributed by atoms with Gasteiger partial charge in [-0.15, -0.1) is 0 Å². The highest BCUT2D eigenvalue weighted by Crippen LogP contribution is 2.54. The van der Waals surface area contributed by atoms with E-state index in [-0.39, 0.29) is 35.7 Å². The standard InChI is InChI=1S/C50H80N4O11/c1-11-35-16-18-40(61-34(35)9)48(10)21-22-50(64-48)39(53-46(58)45(57)52-23-14-25-54-26-24-51-28-54)19-20-49(65-50)31(6)27-30(5)44(63-49)37(13-3)42(56)32(7)41(55)33(8)43-29(4)15-17-38(62-43)36(12-2)47(59)60/h19-20,24,26,28-41,43-44,55H,11-18,21-23,25,27H2,1-10H3,(H,52,57)(H,53,58)(H,59,60)/t29-,30-,31+,32-,33-,34-,35?,36+,37?,38+,39+,40+,41+,43+,44-,48-,49-,50-/m0/s1. The van der Waals surface area contributed by atoms with Crippen LogP contribution in [0.3, 0.4) is 0 Å². The molecule has 2 amide bonds. The molecule has 0 bridgehead atoms. The minimum Gasteiger partial charge on any atom is -0.481 e. The van der Waals surface area contributed by atoms with Crippen LogP contribution in [0, 0.1) is 47.3 Å². The fraction of sp³-hybridized carbons (Fsp3) is 0.820. The number of nitrogens with one attached hydrogen (secondary N) is 2. The van der Waals surface area contributed by atoms with E-state index in [1.165, 1.54) is 0 Å². The SMILES string of the molecule is CCC1CC[C@H]([C@]2(C)CC[C@@]3(O[C@]4(C=C[C@H]3NC(=O)C(=O)NCCCn3ccnc3)O[C@H](C(CC)C(=O)[C@@H](C)[C@@H](O)[C@H](C)[C@@H]3O[C@@H]([C@@H](CC)C(=O)O)CC[C@@H]3C)[C@@H](C)C[C@H]4C)O2)O[C@H]1C. The molecule has 6 heterocycles. The fourth-order valence-electron chi connectivity index (χ4n) is 11.9. The number of nitrogens with zero attached hydrogens (tertiary/aromatic N) is 2. The molecule has 0 radical (unpaired) electrons. The van der Waals surface area contributed by atoms with E-state index in [0.717, 1.165) is 25.7 Å². The number of carbonyl (C=O) groups is 4. The van der Waals surface area contributed by atoms with Crippen molar-refractivity contribution >= 4 is 23.6 Å². The molecule has 65 heavy (non-hydrogen) atoms. The Bertz CT molecular complexity index is 1810. The van der Waals surface area contributed by atoms with Crippen molar-refractivity contribution in [2.75, 3.05) is 6.54 Å². The number of aliphatic hydroxyl groups excluding tert-OH is 1. The number of carboxylic acid groups (broad SMARTS) is 1. The van der Waals surface area contributed by atoms with Gasteiger partial charge < -0.3 is 49.1 Å². The van der Waals surface area contributed by atoms with E-state index in [9.17, 15) is 29.4 Å². The Morgan fingerprint density at radius 2 is 1.65 bits per heavy atom. The summed E-state index contributed by atoms with van der Waals surface area (Å²) in [6, 6.07) is -0.843. The molecule has 0 aliphatic carbocycles. The van der Waals surface area contributed by atoms with Gasteiger partial charge in [0.1, 0.15) is 11.8 Å². The predicted octanol–water partition coefficient (Wildman–Crippen LogP) is 6.60. The molecule has 4 fully saturated rings. The van der Waals surface area contributed by atoms with Gasteiger partial charge in [-0.3, -0.25) is 19.2 Å². The molecule has 2 unspecified atom stereocenters. The Balaban J connectivity index is 1.21. The summed E-state index contributed by atoms with van der Waals surface area (Å²) >= 11 is 0. The van der Waals surface area contributed by atoms with E-state index < -0.39 is 89.1 Å². The maximum Gasteiger partial charge on any atom is 0.309 e. The van der Waals surface area contributed by atoms with Gasteiger partial charge in [-0.1, -0.05) is 67.9 Å². The first-order valence-electron chi connectivity index (χ1n) is 24.9. The number of hydrogen-bond acceptors (Lipinski definition) is 11. The first kappa shape index (κ1) is 51.2. The number of aliphatic carboxylic acids is 1. The number of ketones is 1. The normalized spacial score (nSPS) is 38.4. The van der Waals surface area contributed by atoms with Gasteiger partial charge >= 0.3 is 17.8 Å². The largest absolute Gasteiger partial charge is 0.481 e. The molecule has 18 atom stereocenters. The number of carbonyl (C=O) groups excluding carboxylic acids is 3. The summed E-state index contributed by atoms with van der Waals surface area (Å²) in [5.41, 5.74) is -0.767. The van der Waals surface area contributed by atoms with Gasteiger partial charge in [0.05, 0.1) is 54.5 Å². The monoisotopic (exact) mass is 913 g/mol. The molecule has 366 valence electrons. The van der Waals surface area contributed by atoms with Crippen LogP contribution in [0.2, 0.25) is 0 Å². The third-order valence-electron chi connectivity index (χ3n) is 16.2.